The summed E-state index contributed by atoms with van der Waals surface area (Å²) in [6, 6.07) is 12.3. The van der Waals surface area contributed by atoms with Crippen molar-refractivity contribution in [2.75, 3.05) is 5.32 Å². The first-order valence-electron chi connectivity index (χ1n) is 7.39. The number of hydrogen-bond donors (Lipinski definition) is 3. The normalized spacial score (nSPS) is 10.7. The van der Waals surface area contributed by atoms with Crippen molar-refractivity contribution < 1.29 is 4.79 Å². The second-order valence-electron chi connectivity index (χ2n) is 5.19. The zero-order valence-corrected chi connectivity index (χ0v) is 14.6. The van der Waals surface area contributed by atoms with Gasteiger partial charge in [-0.3, -0.25) is 4.79 Å². The smallest absolute Gasteiger partial charge is 0.255 e. The number of nitrogens with zero attached hydrogens (tertiary/aromatic N) is 6. The molecule has 0 aliphatic carbocycles. The van der Waals surface area contributed by atoms with Crippen molar-refractivity contribution in [3.8, 4) is 22.8 Å². The summed E-state index contributed by atoms with van der Waals surface area (Å²) in [4.78, 5) is 12.6. The van der Waals surface area contributed by atoms with Gasteiger partial charge in [0.1, 0.15) is 0 Å². The molecule has 0 radical (unpaired) electrons. The number of aromatic nitrogens is 8. The standard InChI is InChI=1S/C15H10BrN9O/c16-9-2-4-10(5-3-9)17-15(26)8-1-6-11(13-18-22-23-19-13)12(7-8)14-20-24-25-21-14/h1-7H,(H,17,26)(H,18,19,22,23)(H,20,21,24,25). The molecule has 26 heavy (non-hydrogen) atoms. The fourth-order valence-electron chi connectivity index (χ4n) is 2.35. The van der Waals surface area contributed by atoms with E-state index >= 15 is 0 Å². The lowest BCUT2D eigenvalue weighted by Crippen LogP contribution is -2.12. The number of H-pyrrole nitrogens is 2. The first kappa shape index (κ1) is 16.0. The summed E-state index contributed by atoms with van der Waals surface area (Å²) < 4.78 is 0.930. The third-order valence-corrected chi connectivity index (χ3v) is 4.09. The maximum atomic E-state index is 12.6. The predicted octanol–water partition coefficient (Wildman–Crippen LogP) is 2.06. The second-order valence-corrected chi connectivity index (χ2v) is 6.11. The molecule has 11 heteroatoms. The largest absolute Gasteiger partial charge is 0.322 e. The third kappa shape index (κ3) is 3.19. The Morgan fingerprint density at radius 2 is 1.54 bits per heavy atom. The van der Waals surface area contributed by atoms with Crippen molar-refractivity contribution in [1.29, 1.82) is 0 Å². The number of anilines is 1. The van der Waals surface area contributed by atoms with E-state index in [4.69, 9.17) is 0 Å². The minimum absolute atomic E-state index is 0.267. The van der Waals surface area contributed by atoms with E-state index in [2.05, 4.69) is 62.5 Å². The van der Waals surface area contributed by atoms with Gasteiger partial charge in [0.25, 0.3) is 5.91 Å². The second kappa shape index (κ2) is 6.80. The van der Waals surface area contributed by atoms with Gasteiger partial charge in [-0.05, 0) is 52.9 Å². The fraction of sp³-hybridized carbons (Fsp3) is 0. The summed E-state index contributed by atoms with van der Waals surface area (Å²) in [7, 11) is 0. The van der Waals surface area contributed by atoms with Crippen LogP contribution in [0.2, 0.25) is 0 Å². The maximum absolute atomic E-state index is 12.6. The molecule has 0 saturated carbocycles. The van der Waals surface area contributed by atoms with Crippen LogP contribution in [0.25, 0.3) is 22.8 Å². The van der Waals surface area contributed by atoms with E-state index in [1.54, 1.807) is 30.3 Å². The summed E-state index contributed by atoms with van der Waals surface area (Å²) >= 11 is 3.36. The van der Waals surface area contributed by atoms with E-state index in [1.165, 1.54) is 0 Å². The number of nitrogens with one attached hydrogen (secondary N) is 3. The average Bonchev–Trinajstić information content (AvgIpc) is 3.37. The van der Waals surface area contributed by atoms with E-state index in [1.807, 2.05) is 12.1 Å². The molecule has 0 bridgehead atoms. The lowest BCUT2D eigenvalue weighted by Gasteiger charge is -2.08. The lowest BCUT2D eigenvalue weighted by molar-refractivity contribution is 0.102. The zero-order valence-electron chi connectivity index (χ0n) is 13.0. The molecule has 4 rings (SSSR count). The predicted molar refractivity (Wildman–Crippen MR) is 94.9 cm³/mol. The van der Waals surface area contributed by atoms with Crippen LogP contribution in [0.15, 0.2) is 46.9 Å². The van der Waals surface area contributed by atoms with E-state index in [0.29, 0.717) is 34.0 Å². The molecule has 128 valence electrons. The molecule has 1 amide bonds. The van der Waals surface area contributed by atoms with Gasteiger partial charge in [0.15, 0.2) is 0 Å². The third-order valence-electron chi connectivity index (χ3n) is 3.56. The first-order chi connectivity index (χ1) is 12.7. The van der Waals surface area contributed by atoms with Crippen molar-refractivity contribution in [3.05, 3.63) is 52.5 Å². The minimum Gasteiger partial charge on any atom is -0.322 e. The monoisotopic (exact) mass is 411 g/mol. The molecule has 0 aliphatic rings. The zero-order chi connectivity index (χ0) is 17.9. The van der Waals surface area contributed by atoms with Crippen LogP contribution in [-0.2, 0) is 0 Å². The highest BCUT2D eigenvalue weighted by molar-refractivity contribution is 9.10. The van der Waals surface area contributed by atoms with E-state index < -0.39 is 0 Å². The lowest BCUT2D eigenvalue weighted by atomic mass is 10.0. The van der Waals surface area contributed by atoms with Crippen LogP contribution in [-0.4, -0.2) is 47.2 Å². The van der Waals surface area contributed by atoms with Gasteiger partial charge >= 0.3 is 0 Å². The van der Waals surface area contributed by atoms with Crippen molar-refractivity contribution in [2.45, 2.75) is 0 Å². The quantitative estimate of drug-likeness (QED) is 0.466. The first-order valence-corrected chi connectivity index (χ1v) is 8.18. The highest BCUT2D eigenvalue weighted by Gasteiger charge is 2.17. The SMILES string of the molecule is O=C(Nc1ccc(Br)cc1)c1ccc(-c2nn[nH]n2)c(-c2nn[nH]n2)c1. The van der Waals surface area contributed by atoms with Crippen molar-refractivity contribution >= 4 is 27.5 Å². The Kier molecular flexibility index (Phi) is 4.19. The number of tetrazole rings is 2. The number of hydrogen-bond acceptors (Lipinski definition) is 7. The molecule has 4 aromatic rings. The van der Waals surface area contributed by atoms with Crippen LogP contribution in [0, 0.1) is 0 Å². The van der Waals surface area contributed by atoms with Crippen LogP contribution < -0.4 is 5.32 Å². The van der Waals surface area contributed by atoms with Gasteiger partial charge in [-0.2, -0.15) is 10.4 Å². The Labute approximate surface area is 154 Å². The molecule has 0 aliphatic heterocycles. The Morgan fingerprint density at radius 3 is 2.15 bits per heavy atom. The number of carbonyl (C=O) groups excluding carboxylic acids is 1. The summed E-state index contributed by atoms with van der Waals surface area (Å²) in [6.07, 6.45) is 0. The van der Waals surface area contributed by atoms with Crippen molar-refractivity contribution in [2.24, 2.45) is 0 Å². The average molecular weight is 412 g/mol. The fourth-order valence-corrected chi connectivity index (χ4v) is 2.62. The van der Waals surface area contributed by atoms with Gasteiger partial charge in [0.2, 0.25) is 11.6 Å². The molecular formula is C15H10BrN9O. The molecule has 0 saturated heterocycles. The highest BCUT2D eigenvalue weighted by Crippen LogP contribution is 2.28. The molecule has 0 atom stereocenters. The van der Waals surface area contributed by atoms with Gasteiger partial charge in [-0.25, -0.2) is 0 Å². The van der Waals surface area contributed by atoms with Gasteiger partial charge < -0.3 is 5.32 Å². The van der Waals surface area contributed by atoms with Crippen molar-refractivity contribution in [3.63, 3.8) is 0 Å². The molecule has 2 heterocycles. The van der Waals surface area contributed by atoms with Crippen molar-refractivity contribution in [1.82, 2.24) is 41.2 Å². The van der Waals surface area contributed by atoms with Gasteiger partial charge in [-0.1, -0.05) is 15.9 Å². The van der Waals surface area contributed by atoms with Crippen LogP contribution in [0.3, 0.4) is 0 Å². The molecule has 0 fully saturated rings. The number of benzene rings is 2. The number of halogens is 1. The number of amides is 1. The molecule has 0 spiro atoms. The molecule has 3 N–H and O–H groups in total. The molecular weight excluding hydrogens is 402 g/mol. The number of aromatic amines is 2. The van der Waals surface area contributed by atoms with Crippen LogP contribution in [0.4, 0.5) is 5.69 Å². The molecule has 0 unspecified atom stereocenters. The number of rotatable bonds is 4. The summed E-state index contributed by atoms with van der Waals surface area (Å²) in [5, 5.41) is 30.7. The Balaban J connectivity index is 1.70. The molecule has 2 aromatic carbocycles. The molecule has 10 nitrogen and oxygen atoms in total. The summed E-state index contributed by atoms with van der Waals surface area (Å²) in [6.45, 7) is 0. The molecule has 2 aromatic heterocycles. The van der Waals surface area contributed by atoms with Gasteiger partial charge in [-0.15, -0.1) is 20.4 Å². The van der Waals surface area contributed by atoms with Gasteiger partial charge in [0.05, 0.1) is 0 Å². The Bertz CT molecular complexity index is 1030. The van der Waals surface area contributed by atoms with Crippen LogP contribution in [0.1, 0.15) is 10.4 Å². The maximum Gasteiger partial charge on any atom is 0.255 e. The van der Waals surface area contributed by atoms with Gasteiger partial charge in [0, 0.05) is 26.9 Å². The van der Waals surface area contributed by atoms with Crippen LogP contribution >= 0.6 is 15.9 Å². The highest BCUT2D eigenvalue weighted by atomic mass is 79.9. The summed E-state index contributed by atoms with van der Waals surface area (Å²) in [5.74, 6) is 0.421. The number of carbonyl (C=O) groups is 1. The Morgan fingerprint density at radius 1 is 0.885 bits per heavy atom. The van der Waals surface area contributed by atoms with E-state index in [9.17, 15) is 4.79 Å². The van der Waals surface area contributed by atoms with E-state index in [0.717, 1.165) is 4.47 Å². The van der Waals surface area contributed by atoms with E-state index in [-0.39, 0.29) is 5.91 Å². The summed E-state index contributed by atoms with van der Waals surface area (Å²) in [5.41, 5.74) is 2.30. The minimum atomic E-state index is -0.267. The van der Waals surface area contributed by atoms with Crippen LogP contribution in [0.5, 0.6) is 0 Å². The Hall–Kier alpha value is -3.47. The topological polar surface area (TPSA) is 138 Å².